The Hall–Kier alpha value is -3.62. The zero-order valence-electron chi connectivity index (χ0n) is 17.4. The number of aliphatic imine (C=N–C) groups is 1. The molecule has 1 amide bonds. The normalized spacial score (nSPS) is 14.7. The Morgan fingerprint density at radius 2 is 2.03 bits per heavy atom. The summed E-state index contributed by atoms with van der Waals surface area (Å²) in [6.07, 6.45) is 6.39. The summed E-state index contributed by atoms with van der Waals surface area (Å²) in [5, 5.41) is 3.29. The zero-order chi connectivity index (χ0) is 21.6. The van der Waals surface area contributed by atoms with Crippen molar-refractivity contribution in [2.45, 2.75) is 13.5 Å². The lowest BCUT2D eigenvalue weighted by atomic mass is 10.2. The number of hydrogen-bond donors (Lipinski definition) is 1. The van der Waals surface area contributed by atoms with Crippen LogP contribution >= 0.6 is 0 Å². The average Bonchev–Trinajstić information content (AvgIpc) is 3.51. The molecule has 0 radical (unpaired) electrons. The summed E-state index contributed by atoms with van der Waals surface area (Å²) in [5.41, 5.74) is 1.23. The summed E-state index contributed by atoms with van der Waals surface area (Å²) in [6.45, 7) is 5.56. The number of nitrogens with zero attached hydrogens (tertiary/aromatic N) is 5. The van der Waals surface area contributed by atoms with E-state index in [2.05, 4.69) is 20.2 Å². The van der Waals surface area contributed by atoms with Crippen LogP contribution in [0.1, 0.15) is 23.0 Å². The molecule has 1 fully saturated rings. The van der Waals surface area contributed by atoms with Gasteiger partial charge in [-0.05, 0) is 36.8 Å². The molecular formula is C22H25FN6O2. The zero-order valence-corrected chi connectivity index (χ0v) is 17.4. The number of piperazine rings is 1. The lowest BCUT2D eigenvalue weighted by Crippen LogP contribution is -2.53. The van der Waals surface area contributed by atoms with Crippen LogP contribution in [-0.2, 0) is 6.54 Å². The molecule has 0 saturated carbocycles. The molecule has 3 heterocycles. The Kier molecular flexibility index (Phi) is 6.30. The third kappa shape index (κ3) is 4.76. The van der Waals surface area contributed by atoms with Crippen LogP contribution in [0.4, 0.5) is 4.39 Å². The molecule has 1 N–H and O–H groups in total. The highest BCUT2D eigenvalue weighted by Gasteiger charge is 2.25. The minimum atomic E-state index is -0.319. The first-order valence-electron chi connectivity index (χ1n) is 10.3. The van der Waals surface area contributed by atoms with Crippen LogP contribution in [0.25, 0.3) is 5.69 Å². The van der Waals surface area contributed by atoms with E-state index in [4.69, 9.17) is 4.42 Å². The summed E-state index contributed by atoms with van der Waals surface area (Å²) in [7, 11) is 0. The van der Waals surface area contributed by atoms with Gasteiger partial charge in [0, 0.05) is 45.1 Å². The summed E-state index contributed by atoms with van der Waals surface area (Å²) in [4.78, 5) is 25.0. The van der Waals surface area contributed by atoms with Crippen LogP contribution in [0.15, 0.2) is 64.7 Å². The van der Waals surface area contributed by atoms with Gasteiger partial charge in [0.05, 0.1) is 24.8 Å². The smallest absolute Gasteiger partial charge is 0.289 e. The van der Waals surface area contributed by atoms with Gasteiger partial charge in [0.1, 0.15) is 5.82 Å². The number of carbonyl (C=O) groups excluding carboxylic acids is 1. The number of imidazole rings is 1. The first-order chi connectivity index (χ1) is 15.2. The van der Waals surface area contributed by atoms with E-state index in [9.17, 15) is 9.18 Å². The summed E-state index contributed by atoms with van der Waals surface area (Å²) < 4.78 is 21.4. The molecule has 0 spiro atoms. The fraction of sp³-hybridized carbons (Fsp3) is 0.318. The minimum absolute atomic E-state index is 0.0972. The van der Waals surface area contributed by atoms with E-state index in [1.807, 2.05) is 13.0 Å². The van der Waals surface area contributed by atoms with Crippen molar-refractivity contribution in [1.29, 1.82) is 0 Å². The molecule has 3 aromatic rings. The number of guanidine groups is 1. The Morgan fingerprint density at radius 1 is 1.23 bits per heavy atom. The van der Waals surface area contributed by atoms with E-state index < -0.39 is 0 Å². The molecule has 1 aromatic carbocycles. The van der Waals surface area contributed by atoms with Crippen molar-refractivity contribution >= 4 is 11.9 Å². The maximum atomic E-state index is 14.5. The average molecular weight is 424 g/mol. The molecular weight excluding hydrogens is 399 g/mol. The number of carbonyl (C=O) groups is 1. The number of benzene rings is 1. The van der Waals surface area contributed by atoms with Crippen LogP contribution in [0.3, 0.4) is 0 Å². The number of halogens is 1. The highest BCUT2D eigenvalue weighted by atomic mass is 19.1. The molecule has 0 unspecified atom stereocenters. The van der Waals surface area contributed by atoms with Gasteiger partial charge in [0.2, 0.25) is 0 Å². The first kappa shape index (κ1) is 20.6. The van der Waals surface area contributed by atoms with Gasteiger partial charge in [-0.1, -0.05) is 6.07 Å². The van der Waals surface area contributed by atoms with Crippen molar-refractivity contribution in [3.63, 3.8) is 0 Å². The summed E-state index contributed by atoms with van der Waals surface area (Å²) >= 11 is 0. The highest BCUT2D eigenvalue weighted by molar-refractivity contribution is 5.91. The molecule has 1 aliphatic rings. The second-order valence-corrected chi connectivity index (χ2v) is 7.18. The number of furan rings is 1. The Labute approximate surface area is 180 Å². The summed E-state index contributed by atoms with van der Waals surface area (Å²) in [5.74, 6) is 0.697. The quantitative estimate of drug-likeness (QED) is 0.503. The van der Waals surface area contributed by atoms with Crippen LogP contribution in [0, 0.1) is 5.82 Å². The van der Waals surface area contributed by atoms with Crippen molar-refractivity contribution in [3.05, 3.63) is 72.5 Å². The molecule has 8 nitrogen and oxygen atoms in total. The first-order valence-corrected chi connectivity index (χ1v) is 10.3. The van der Waals surface area contributed by atoms with Crippen molar-refractivity contribution < 1.29 is 13.6 Å². The Balaban J connectivity index is 1.40. The predicted octanol–water partition coefficient (Wildman–Crippen LogP) is 2.53. The lowest BCUT2D eigenvalue weighted by Gasteiger charge is -2.36. The van der Waals surface area contributed by atoms with Gasteiger partial charge in [0.15, 0.2) is 11.7 Å². The van der Waals surface area contributed by atoms with E-state index in [0.717, 1.165) is 18.1 Å². The van der Waals surface area contributed by atoms with Crippen LogP contribution < -0.4 is 5.32 Å². The number of nitrogens with one attached hydrogen (secondary N) is 1. The maximum absolute atomic E-state index is 14.5. The standard InChI is InChI=1S/C22H25FN6O2/c1-2-25-22(28-11-9-27(10-12-28)21(30)20-4-3-13-31-20)26-15-17-5-6-19(18(23)14-17)29-8-7-24-16-29/h3-8,13-14,16H,2,9-12,15H2,1H3,(H,25,26). The molecule has 9 heteroatoms. The fourth-order valence-electron chi connectivity index (χ4n) is 3.53. The van der Waals surface area contributed by atoms with Crippen molar-refractivity contribution in [3.8, 4) is 5.69 Å². The SMILES string of the molecule is CCNC(=NCc1ccc(-n2ccnc2)c(F)c1)N1CCN(C(=O)c2ccco2)CC1. The molecule has 1 aliphatic heterocycles. The molecule has 0 atom stereocenters. The van der Waals surface area contributed by atoms with E-state index >= 15 is 0 Å². The molecule has 0 bridgehead atoms. The lowest BCUT2D eigenvalue weighted by molar-refractivity contribution is 0.0657. The fourth-order valence-corrected chi connectivity index (χ4v) is 3.53. The molecule has 1 saturated heterocycles. The second kappa shape index (κ2) is 9.46. The summed E-state index contributed by atoms with van der Waals surface area (Å²) in [6, 6.07) is 8.49. The highest BCUT2D eigenvalue weighted by Crippen LogP contribution is 2.16. The Morgan fingerprint density at radius 3 is 2.68 bits per heavy atom. The van der Waals surface area contributed by atoms with E-state index in [1.165, 1.54) is 12.3 Å². The van der Waals surface area contributed by atoms with Crippen LogP contribution in [0.2, 0.25) is 0 Å². The van der Waals surface area contributed by atoms with Gasteiger partial charge in [-0.25, -0.2) is 14.4 Å². The number of aromatic nitrogens is 2. The number of amides is 1. The predicted molar refractivity (Wildman–Crippen MR) is 115 cm³/mol. The van der Waals surface area contributed by atoms with Crippen molar-refractivity contribution in [2.24, 2.45) is 4.99 Å². The van der Waals surface area contributed by atoms with Gasteiger partial charge in [-0.2, -0.15) is 0 Å². The van der Waals surface area contributed by atoms with Gasteiger partial charge in [-0.15, -0.1) is 0 Å². The van der Waals surface area contributed by atoms with E-state index in [1.54, 1.807) is 46.4 Å². The van der Waals surface area contributed by atoms with Gasteiger partial charge in [-0.3, -0.25) is 4.79 Å². The molecule has 2 aromatic heterocycles. The number of rotatable bonds is 5. The van der Waals surface area contributed by atoms with Crippen LogP contribution in [-0.4, -0.2) is 63.9 Å². The molecule has 0 aliphatic carbocycles. The van der Waals surface area contributed by atoms with E-state index in [-0.39, 0.29) is 11.7 Å². The van der Waals surface area contributed by atoms with Gasteiger partial charge in [0.25, 0.3) is 5.91 Å². The minimum Gasteiger partial charge on any atom is -0.459 e. The topological polar surface area (TPSA) is 78.9 Å². The molecule has 31 heavy (non-hydrogen) atoms. The molecule has 162 valence electrons. The third-order valence-electron chi connectivity index (χ3n) is 5.14. The third-order valence-corrected chi connectivity index (χ3v) is 5.14. The van der Waals surface area contributed by atoms with Crippen LogP contribution in [0.5, 0.6) is 0 Å². The molecule has 4 rings (SSSR count). The monoisotopic (exact) mass is 424 g/mol. The Bertz CT molecular complexity index is 1020. The van der Waals surface area contributed by atoms with Gasteiger partial charge < -0.3 is 24.1 Å². The number of hydrogen-bond acceptors (Lipinski definition) is 4. The largest absolute Gasteiger partial charge is 0.459 e. The van der Waals surface area contributed by atoms with Crippen molar-refractivity contribution in [2.75, 3.05) is 32.7 Å². The second-order valence-electron chi connectivity index (χ2n) is 7.18. The maximum Gasteiger partial charge on any atom is 0.289 e. The van der Waals surface area contributed by atoms with Crippen molar-refractivity contribution in [1.82, 2.24) is 24.7 Å². The van der Waals surface area contributed by atoms with E-state index in [0.29, 0.717) is 44.2 Å². The van der Waals surface area contributed by atoms with Gasteiger partial charge >= 0.3 is 0 Å².